The second kappa shape index (κ2) is 12.8. The van der Waals surface area contributed by atoms with Crippen LogP contribution in [-0.4, -0.2) is 38.9 Å². The van der Waals surface area contributed by atoms with Crippen molar-refractivity contribution < 1.29 is 14.3 Å². The van der Waals surface area contributed by atoms with Gasteiger partial charge in [-0.25, -0.2) is 0 Å². The van der Waals surface area contributed by atoms with Gasteiger partial charge in [0, 0.05) is 19.6 Å². The summed E-state index contributed by atoms with van der Waals surface area (Å²) in [4.78, 5) is 11.4. The molecule has 0 aromatic heterocycles. The summed E-state index contributed by atoms with van der Waals surface area (Å²) in [5.74, 6) is 0.693. The summed E-state index contributed by atoms with van der Waals surface area (Å²) in [6.45, 7) is 9.58. The second-order valence-electron chi connectivity index (χ2n) is 4.86. The van der Waals surface area contributed by atoms with Gasteiger partial charge < -0.3 is 14.8 Å². The van der Waals surface area contributed by atoms with Crippen molar-refractivity contribution in [1.82, 2.24) is 5.32 Å². The van der Waals surface area contributed by atoms with Gasteiger partial charge >= 0.3 is 0 Å². The number of amides is 1. The molecule has 1 amide bonds. The molecular weight excluding hydrogens is 230 g/mol. The molecule has 0 radical (unpaired) electrons. The fourth-order valence-corrected chi connectivity index (χ4v) is 1.34. The highest BCUT2D eigenvalue weighted by atomic mass is 16.5. The van der Waals surface area contributed by atoms with Crippen molar-refractivity contribution in [3.63, 3.8) is 0 Å². The highest BCUT2D eigenvalue weighted by Gasteiger charge is 2.02. The number of carbonyl (C=O) groups excluding carboxylic acids is 1. The number of nitrogens with one attached hydrogen (secondary N) is 1. The monoisotopic (exact) mass is 259 g/mol. The molecule has 0 bridgehead atoms. The Bertz CT molecular complexity index is 195. The average molecular weight is 259 g/mol. The van der Waals surface area contributed by atoms with Crippen LogP contribution in [0.3, 0.4) is 0 Å². The first-order chi connectivity index (χ1) is 8.66. The van der Waals surface area contributed by atoms with Crippen LogP contribution in [0.1, 0.15) is 46.5 Å². The normalized spacial score (nSPS) is 10.9. The summed E-state index contributed by atoms with van der Waals surface area (Å²) in [6.07, 6.45) is 3.81. The minimum atomic E-state index is 0.117. The topological polar surface area (TPSA) is 47.6 Å². The van der Waals surface area contributed by atoms with E-state index in [9.17, 15) is 4.79 Å². The van der Waals surface area contributed by atoms with Crippen LogP contribution in [0, 0.1) is 5.92 Å². The molecule has 0 aromatic rings. The van der Waals surface area contributed by atoms with Crippen LogP contribution in [-0.2, 0) is 14.3 Å². The third-order valence-electron chi connectivity index (χ3n) is 2.53. The quantitative estimate of drug-likeness (QED) is 0.547. The van der Waals surface area contributed by atoms with Gasteiger partial charge in [-0.1, -0.05) is 27.2 Å². The first kappa shape index (κ1) is 17.4. The Morgan fingerprint density at radius 3 is 2.39 bits per heavy atom. The highest BCUT2D eigenvalue weighted by molar-refractivity contribution is 5.75. The molecule has 0 atom stereocenters. The van der Waals surface area contributed by atoms with E-state index in [0.29, 0.717) is 38.7 Å². The molecule has 0 spiro atoms. The number of unbranched alkanes of at least 4 members (excludes halogenated alkanes) is 1. The van der Waals surface area contributed by atoms with Gasteiger partial charge in [0.15, 0.2) is 0 Å². The zero-order chi connectivity index (χ0) is 13.6. The molecule has 0 rings (SSSR count). The fourth-order valence-electron chi connectivity index (χ4n) is 1.34. The van der Waals surface area contributed by atoms with Crippen molar-refractivity contribution >= 4 is 5.91 Å². The molecule has 0 aliphatic rings. The molecule has 0 unspecified atom stereocenters. The lowest BCUT2D eigenvalue weighted by atomic mass is 10.1. The summed E-state index contributed by atoms with van der Waals surface area (Å²) in [5, 5.41) is 2.84. The van der Waals surface area contributed by atoms with E-state index in [1.807, 2.05) is 0 Å². The van der Waals surface area contributed by atoms with E-state index in [1.54, 1.807) is 0 Å². The molecular formula is C14H29NO3. The second-order valence-corrected chi connectivity index (χ2v) is 4.86. The van der Waals surface area contributed by atoms with E-state index in [-0.39, 0.29) is 5.91 Å². The Hall–Kier alpha value is -0.610. The first-order valence-electron chi connectivity index (χ1n) is 7.09. The molecule has 0 heterocycles. The van der Waals surface area contributed by atoms with E-state index in [4.69, 9.17) is 9.47 Å². The summed E-state index contributed by atoms with van der Waals surface area (Å²) < 4.78 is 10.7. The highest BCUT2D eigenvalue weighted by Crippen LogP contribution is 2.02. The minimum Gasteiger partial charge on any atom is -0.379 e. The summed E-state index contributed by atoms with van der Waals surface area (Å²) in [7, 11) is 0. The van der Waals surface area contributed by atoms with Crippen molar-refractivity contribution in [2.45, 2.75) is 46.5 Å². The smallest absolute Gasteiger partial charge is 0.220 e. The Morgan fingerprint density at radius 2 is 1.78 bits per heavy atom. The SMILES string of the molecule is CCCCOCCOCCNC(=O)CCC(C)C. The van der Waals surface area contributed by atoms with E-state index in [2.05, 4.69) is 26.1 Å². The van der Waals surface area contributed by atoms with Gasteiger partial charge in [0.05, 0.1) is 19.8 Å². The van der Waals surface area contributed by atoms with Gasteiger partial charge in [-0.2, -0.15) is 0 Å². The van der Waals surface area contributed by atoms with Crippen molar-refractivity contribution in [1.29, 1.82) is 0 Å². The molecule has 18 heavy (non-hydrogen) atoms. The van der Waals surface area contributed by atoms with Gasteiger partial charge in [0.2, 0.25) is 5.91 Å². The number of carbonyl (C=O) groups is 1. The average Bonchev–Trinajstić information content (AvgIpc) is 2.34. The van der Waals surface area contributed by atoms with Crippen LogP contribution in [0.25, 0.3) is 0 Å². The van der Waals surface area contributed by atoms with Crippen LogP contribution in [0.5, 0.6) is 0 Å². The van der Waals surface area contributed by atoms with Crippen LogP contribution in [0.4, 0.5) is 0 Å². The predicted molar refractivity (Wildman–Crippen MR) is 73.6 cm³/mol. The molecule has 4 heteroatoms. The summed E-state index contributed by atoms with van der Waals surface area (Å²) >= 11 is 0. The van der Waals surface area contributed by atoms with Crippen molar-refractivity contribution in [2.75, 3.05) is 33.0 Å². The van der Waals surface area contributed by atoms with E-state index in [0.717, 1.165) is 25.9 Å². The third-order valence-corrected chi connectivity index (χ3v) is 2.53. The van der Waals surface area contributed by atoms with Crippen LogP contribution < -0.4 is 5.32 Å². The lowest BCUT2D eigenvalue weighted by molar-refractivity contribution is -0.121. The Kier molecular flexibility index (Phi) is 12.4. The molecule has 1 N–H and O–H groups in total. The predicted octanol–water partition coefficient (Wildman–Crippen LogP) is 2.37. The zero-order valence-corrected chi connectivity index (χ0v) is 12.2. The summed E-state index contributed by atoms with van der Waals surface area (Å²) in [6, 6.07) is 0. The maximum absolute atomic E-state index is 11.4. The number of ether oxygens (including phenoxy) is 2. The summed E-state index contributed by atoms with van der Waals surface area (Å²) in [5.41, 5.74) is 0. The Balaban J connectivity index is 3.12. The van der Waals surface area contributed by atoms with Crippen LogP contribution in [0.15, 0.2) is 0 Å². The Labute approximate surface area is 111 Å². The van der Waals surface area contributed by atoms with Gasteiger partial charge in [0.1, 0.15) is 0 Å². The lowest BCUT2D eigenvalue weighted by Crippen LogP contribution is -2.27. The van der Waals surface area contributed by atoms with Gasteiger partial charge in [-0.3, -0.25) is 4.79 Å². The number of rotatable bonds is 12. The first-order valence-corrected chi connectivity index (χ1v) is 7.09. The molecule has 0 saturated carbocycles. The maximum atomic E-state index is 11.4. The van der Waals surface area contributed by atoms with Crippen molar-refractivity contribution in [2.24, 2.45) is 5.92 Å². The van der Waals surface area contributed by atoms with Gasteiger partial charge in [-0.15, -0.1) is 0 Å². The largest absolute Gasteiger partial charge is 0.379 e. The zero-order valence-electron chi connectivity index (χ0n) is 12.2. The molecule has 108 valence electrons. The minimum absolute atomic E-state index is 0.117. The fraction of sp³-hybridized carbons (Fsp3) is 0.929. The molecule has 0 saturated heterocycles. The molecule has 0 fully saturated rings. The number of hydrogen-bond acceptors (Lipinski definition) is 3. The molecule has 0 aliphatic carbocycles. The van der Waals surface area contributed by atoms with Crippen LogP contribution in [0.2, 0.25) is 0 Å². The van der Waals surface area contributed by atoms with E-state index >= 15 is 0 Å². The molecule has 0 aromatic carbocycles. The van der Waals surface area contributed by atoms with E-state index in [1.165, 1.54) is 0 Å². The van der Waals surface area contributed by atoms with E-state index < -0.39 is 0 Å². The number of hydrogen-bond donors (Lipinski definition) is 1. The van der Waals surface area contributed by atoms with Gasteiger partial charge in [-0.05, 0) is 18.8 Å². The van der Waals surface area contributed by atoms with Crippen molar-refractivity contribution in [3.05, 3.63) is 0 Å². The van der Waals surface area contributed by atoms with Crippen molar-refractivity contribution in [3.8, 4) is 0 Å². The third kappa shape index (κ3) is 13.5. The standard InChI is InChI=1S/C14H29NO3/c1-4-5-9-17-11-12-18-10-8-15-14(16)7-6-13(2)3/h13H,4-12H2,1-3H3,(H,15,16). The molecule has 0 aliphatic heterocycles. The molecule has 4 nitrogen and oxygen atoms in total. The maximum Gasteiger partial charge on any atom is 0.220 e. The van der Waals surface area contributed by atoms with Gasteiger partial charge in [0.25, 0.3) is 0 Å². The Morgan fingerprint density at radius 1 is 1.11 bits per heavy atom. The van der Waals surface area contributed by atoms with Crippen LogP contribution >= 0.6 is 0 Å². The lowest BCUT2D eigenvalue weighted by Gasteiger charge is -2.08.